The van der Waals surface area contributed by atoms with Crippen LogP contribution in [0.25, 0.3) is 0 Å². The van der Waals surface area contributed by atoms with Crippen LogP contribution in [0.3, 0.4) is 0 Å². The highest BCUT2D eigenvalue weighted by Gasteiger charge is 2.26. The number of carboxylic acid groups (broad SMARTS) is 1. The second-order valence-corrected chi connectivity index (χ2v) is 6.42. The van der Waals surface area contributed by atoms with E-state index in [0.29, 0.717) is 0 Å². The van der Waals surface area contributed by atoms with Crippen LogP contribution in [-0.4, -0.2) is 42.5 Å². The Morgan fingerprint density at radius 2 is 1.94 bits per heavy atom. The number of aliphatic hydroxyl groups is 1. The van der Waals surface area contributed by atoms with Gasteiger partial charge in [0.15, 0.2) is 0 Å². The summed E-state index contributed by atoms with van der Waals surface area (Å²) in [6.07, 6.45) is -0.503. The lowest BCUT2D eigenvalue weighted by Gasteiger charge is -2.21. The highest BCUT2D eigenvalue weighted by molar-refractivity contribution is 7.89. The van der Waals surface area contributed by atoms with Crippen LogP contribution in [0.1, 0.15) is 27.2 Å². The molecule has 0 amide bonds. The van der Waals surface area contributed by atoms with E-state index < -0.39 is 28.0 Å². The van der Waals surface area contributed by atoms with Crippen LogP contribution in [0.2, 0.25) is 0 Å². The first kappa shape index (κ1) is 15.3. The topological polar surface area (TPSA) is 104 Å². The summed E-state index contributed by atoms with van der Waals surface area (Å²) >= 11 is 0. The smallest absolute Gasteiger partial charge is 0.306 e. The minimum Gasteiger partial charge on any atom is -0.481 e. The van der Waals surface area contributed by atoms with Crippen molar-refractivity contribution in [1.29, 1.82) is 0 Å². The van der Waals surface area contributed by atoms with Crippen LogP contribution in [0, 0.1) is 5.92 Å². The summed E-state index contributed by atoms with van der Waals surface area (Å²) < 4.78 is 25.0. The molecule has 0 aliphatic rings. The molecule has 0 aliphatic heterocycles. The lowest BCUT2D eigenvalue weighted by Crippen LogP contribution is -2.43. The summed E-state index contributed by atoms with van der Waals surface area (Å²) in [5.74, 6) is -1.24. The van der Waals surface area contributed by atoms with Crippen LogP contribution >= 0.6 is 0 Å². The van der Waals surface area contributed by atoms with E-state index in [9.17, 15) is 18.3 Å². The van der Waals surface area contributed by atoms with Crippen molar-refractivity contribution in [3.8, 4) is 0 Å². The van der Waals surface area contributed by atoms with Crippen molar-refractivity contribution in [3.63, 3.8) is 0 Å². The maximum Gasteiger partial charge on any atom is 0.306 e. The van der Waals surface area contributed by atoms with Crippen molar-refractivity contribution >= 4 is 16.0 Å². The molecule has 96 valence electrons. The van der Waals surface area contributed by atoms with Gasteiger partial charge < -0.3 is 10.2 Å². The molecule has 7 heteroatoms. The summed E-state index contributed by atoms with van der Waals surface area (Å²) in [4.78, 5) is 10.4. The van der Waals surface area contributed by atoms with Gasteiger partial charge in [-0.05, 0) is 12.8 Å². The fourth-order valence-electron chi connectivity index (χ4n) is 1.15. The number of hydrogen-bond acceptors (Lipinski definition) is 4. The predicted octanol–water partition coefficient (Wildman–Crippen LogP) is -0.212. The van der Waals surface area contributed by atoms with Gasteiger partial charge in [0.25, 0.3) is 0 Å². The van der Waals surface area contributed by atoms with Crippen LogP contribution in [-0.2, 0) is 14.8 Å². The van der Waals surface area contributed by atoms with Crippen LogP contribution < -0.4 is 4.72 Å². The minimum atomic E-state index is -3.45. The summed E-state index contributed by atoms with van der Waals surface area (Å²) in [5.41, 5.74) is -1.57. The van der Waals surface area contributed by atoms with Crippen molar-refractivity contribution in [2.45, 2.75) is 32.8 Å². The Morgan fingerprint density at radius 3 is 2.31 bits per heavy atom. The van der Waals surface area contributed by atoms with E-state index in [2.05, 4.69) is 4.72 Å². The van der Waals surface area contributed by atoms with Crippen LogP contribution in [0.5, 0.6) is 0 Å². The number of carboxylic acids is 1. The molecule has 1 unspecified atom stereocenters. The van der Waals surface area contributed by atoms with Crippen molar-refractivity contribution in [3.05, 3.63) is 0 Å². The minimum absolute atomic E-state index is 0.0260. The molecule has 1 atom stereocenters. The zero-order chi connectivity index (χ0) is 13.0. The Labute approximate surface area is 95.7 Å². The Morgan fingerprint density at radius 1 is 1.44 bits per heavy atom. The van der Waals surface area contributed by atoms with Crippen molar-refractivity contribution in [2.24, 2.45) is 5.92 Å². The molecule has 0 heterocycles. The third-order valence-electron chi connectivity index (χ3n) is 1.76. The molecular formula is C9H19NO5S. The molecule has 0 aromatic heterocycles. The second kappa shape index (κ2) is 5.60. The molecule has 6 nitrogen and oxygen atoms in total. The maximum atomic E-state index is 11.4. The van der Waals surface area contributed by atoms with Gasteiger partial charge in [0.1, 0.15) is 0 Å². The molecule has 0 saturated heterocycles. The molecule has 0 spiro atoms. The van der Waals surface area contributed by atoms with Crippen molar-refractivity contribution in [2.75, 3.05) is 12.3 Å². The standard InChI is InChI=1S/C9H19NO5S/c1-7(2)5-16(14,15)10-6-9(3,13)4-8(11)12/h7,10,13H,4-6H2,1-3H3,(H,11,12). The third kappa shape index (κ3) is 7.61. The van der Waals surface area contributed by atoms with E-state index in [4.69, 9.17) is 5.11 Å². The van der Waals surface area contributed by atoms with Gasteiger partial charge in [-0.1, -0.05) is 13.8 Å². The van der Waals surface area contributed by atoms with Gasteiger partial charge in [-0.3, -0.25) is 4.79 Å². The van der Waals surface area contributed by atoms with E-state index in [1.165, 1.54) is 6.92 Å². The SMILES string of the molecule is CC(C)CS(=O)(=O)NCC(C)(O)CC(=O)O. The zero-order valence-corrected chi connectivity index (χ0v) is 10.5. The molecule has 16 heavy (non-hydrogen) atoms. The van der Waals surface area contributed by atoms with E-state index in [0.717, 1.165) is 0 Å². The number of nitrogens with one attached hydrogen (secondary N) is 1. The first-order chi connectivity index (χ1) is 7.04. The van der Waals surface area contributed by atoms with E-state index in [1.54, 1.807) is 13.8 Å². The number of carbonyl (C=O) groups is 1. The maximum absolute atomic E-state index is 11.4. The average Bonchev–Trinajstić information content (AvgIpc) is 1.96. The number of sulfonamides is 1. The predicted molar refractivity (Wildman–Crippen MR) is 59.5 cm³/mol. The summed E-state index contributed by atoms with van der Waals surface area (Å²) in [6, 6.07) is 0. The molecule has 0 fully saturated rings. The van der Waals surface area contributed by atoms with E-state index in [-0.39, 0.29) is 18.2 Å². The highest BCUT2D eigenvalue weighted by atomic mass is 32.2. The Balaban J connectivity index is 4.28. The molecule has 0 aromatic carbocycles. The molecular weight excluding hydrogens is 234 g/mol. The zero-order valence-electron chi connectivity index (χ0n) is 9.73. The van der Waals surface area contributed by atoms with Gasteiger partial charge in [-0.2, -0.15) is 0 Å². The molecule has 0 bridgehead atoms. The molecule has 0 aliphatic carbocycles. The van der Waals surface area contributed by atoms with E-state index >= 15 is 0 Å². The Kier molecular flexibility index (Phi) is 5.37. The Hall–Kier alpha value is -0.660. The lowest BCUT2D eigenvalue weighted by atomic mass is 10.0. The second-order valence-electron chi connectivity index (χ2n) is 4.56. The molecule has 0 radical (unpaired) electrons. The van der Waals surface area contributed by atoms with E-state index in [1.807, 2.05) is 0 Å². The van der Waals surface area contributed by atoms with Gasteiger partial charge in [0.2, 0.25) is 10.0 Å². The van der Waals surface area contributed by atoms with Crippen molar-refractivity contribution < 1.29 is 23.4 Å². The average molecular weight is 253 g/mol. The first-order valence-corrected chi connectivity index (χ1v) is 6.61. The molecule has 0 rings (SSSR count). The molecule has 0 aromatic rings. The Bertz CT molecular complexity index is 334. The largest absolute Gasteiger partial charge is 0.481 e. The molecule has 3 N–H and O–H groups in total. The quantitative estimate of drug-likeness (QED) is 0.582. The van der Waals surface area contributed by atoms with Crippen LogP contribution in [0.4, 0.5) is 0 Å². The van der Waals surface area contributed by atoms with Gasteiger partial charge >= 0.3 is 5.97 Å². The summed E-state index contributed by atoms with van der Waals surface area (Å²) in [5, 5.41) is 18.1. The summed E-state index contributed by atoms with van der Waals surface area (Å²) in [7, 11) is -3.45. The highest BCUT2D eigenvalue weighted by Crippen LogP contribution is 2.08. The summed E-state index contributed by atoms with van der Waals surface area (Å²) in [6.45, 7) is 4.50. The lowest BCUT2D eigenvalue weighted by molar-refractivity contribution is -0.141. The number of hydrogen-bond donors (Lipinski definition) is 3. The first-order valence-electron chi connectivity index (χ1n) is 4.95. The van der Waals surface area contributed by atoms with Gasteiger partial charge in [0, 0.05) is 6.54 Å². The number of rotatable bonds is 7. The van der Waals surface area contributed by atoms with Crippen LogP contribution in [0.15, 0.2) is 0 Å². The van der Waals surface area contributed by atoms with Gasteiger partial charge in [-0.25, -0.2) is 13.1 Å². The fourth-order valence-corrected chi connectivity index (χ4v) is 2.68. The fraction of sp³-hybridized carbons (Fsp3) is 0.889. The monoisotopic (exact) mass is 253 g/mol. The normalized spacial score (nSPS) is 16.1. The van der Waals surface area contributed by atoms with Crippen molar-refractivity contribution in [1.82, 2.24) is 4.72 Å². The van der Waals surface area contributed by atoms with Gasteiger partial charge in [0.05, 0.1) is 17.8 Å². The third-order valence-corrected chi connectivity index (χ3v) is 3.45. The molecule has 0 saturated carbocycles. The van der Waals surface area contributed by atoms with Gasteiger partial charge in [-0.15, -0.1) is 0 Å². The number of aliphatic carboxylic acids is 1.